The lowest BCUT2D eigenvalue weighted by Gasteiger charge is -2.51. The molecule has 42 heteroatoms. The van der Waals surface area contributed by atoms with Crippen LogP contribution in [0.25, 0.3) is 0 Å². The number of carbonyl (C=O) groups excluding carboxylic acids is 3. The molecule has 538 valence electrons. The lowest BCUT2D eigenvalue weighted by atomic mass is 9.88. The number of hydrogen-bond donors (Lipinski definition) is 25. The smallest absolute Gasteiger partial charge is 0.364 e. The number of aliphatic hydroxyl groups excluding tert-OH is 21. The Morgan fingerprint density at radius 1 is 0.441 bits per heavy atom. The van der Waals surface area contributed by atoms with Crippen LogP contribution >= 0.6 is 0 Å². The van der Waals surface area contributed by atoms with E-state index in [0.29, 0.717) is 0 Å². The molecule has 93 heavy (non-hydrogen) atoms. The summed E-state index contributed by atoms with van der Waals surface area (Å²) in [7, 11) is 0. The van der Waals surface area contributed by atoms with E-state index in [-0.39, 0.29) is 0 Å². The number of rotatable bonds is 25. The first-order chi connectivity index (χ1) is 43.8. The summed E-state index contributed by atoms with van der Waals surface area (Å²) in [4.78, 5) is 50.9. The molecule has 0 aliphatic carbocycles. The normalized spacial score (nSPS) is 47.2. The van der Waals surface area contributed by atoms with Gasteiger partial charge < -0.3 is 190 Å². The first-order valence-corrected chi connectivity index (χ1v) is 29.2. The Morgan fingerprint density at radius 2 is 0.871 bits per heavy atom. The van der Waals surface area contributed by atoms with Crippen LogP contribution in [0.1, 0.15) is 27.2 Å². The standard InChI is InChI=1S/C51H85N3O39/c1-12(61)52-23-15(64)4-51(50(79)80,92-41(23)26(66)16(65)5-55)93-43-29(69)19(8-58)85-49(37(43)77)88-38-21(10-60)86-45(24(31(38)71)53-13(2)62)81-11-22-30(70)42(36(76)48(87-22)89-39-20(9-59)82-44(78)34(74)33(39)73)91-46-25(54-14(3)63)40(28(68)18(7-57)83-46)90-47-35(75)32(72)27(67)17(6-56)84-47/h15-49,55-60,64-78H,4-11H2,1-3H3,(H,52,61)(H,53,62)(H,54,63)(H,79,80)/t15-,16+,17+,18+,19+,20+,21+,22+,23+,24+,25+,26+,27-,28+,29-,30-,31+,32-,33+,34+,35+,36+,37+,38+,39+,40+,41+,42-,43-,44+,45+,46-,47-,48-,49-,51+/m0/s1. The molecular weight excluding hydrogens is 1280 g/mol. The number of hydrogen-bond acceptors (Lipinski definition) is 38. The molecule has 0 spiro atoms. The van der Waals surface area contributed by atoms with Crippen molar-refractivity contribution in [3.63, 3.8) is 0 Å². The van der Waals surface area contributed by atoms with E-state index in [2.05, 4.69) is 16.0 Å². The Balaban J connectivity index is 1.16. The third-order valence-electron chi connectivity index (χ3n) is 16.7. The van der Waals surface area contributed by atoms with Crippen LogP contribution in [0.3, 0.4) is 0 Å². The summed E-state index contributed by atoms with van der Waals surface area (Å²) in [6.45, 7) is -4.74. The first-order valence-electron chi connectivity index (χ1n) is 29.2. The highest BCUT2D eigenvalue weighted by atomic mass is 16.8. The number of aliphatic carboxylic acids is 1. The van der Waals surface area contributed by atoms with Crippen molar-refractivity contribution < 1.29 is 193 Å². The third-order valence-corrected chi connectivity index (χ3v) is 16.7. The van der Waals surface area contributed by atoms with Crippen LogP contribution in [0.5, 0.6) is 0 Å². The summed E-state index contributed by atoms with van der Waals surface area (Å²) in [5, 5.41) is 246. The number of nitrogens with one attached hydrogen (secondary N) is 3. The number of amides is 3. The number of carboxylic acid groups (broad SMARTS) is 1. The van der Waals surface area contributed by atoms with Gasteiger partial charge in [-0.2, -0.15) is 0 Å². The van der Waals surface area contributed by atoms with E-state index in [1.165, 1.54) is 0 Å². The maximum Gasteiger partial charge on any atom is 0.364 e. The van der Waals surface area contributed by atoms with E-state index in [1.54, 1.807) is 0 Å². The molecule has 7 aliphatic heterocycles. The van der Waals surface area contributed by atoms with Crippen molar-refractivity contribution in [3.8, 4) is 0 Å². The summed E-state index contributed by atoms with van der Waals surface area (Å²) in [5.74, 6) is -8.04. The van der Waals surface area contributed by atoms with Gasteiger partial charge in [0.25, 0.3) is 5.79 Å². The molecule has 42 nitrogen and oxygen atoms in total. The zero-order chi connectivity index (χ0) is 69.0. The fourth-order valence-electron chi connectivity index (χ4n) is 11.8. The molecule has 7 fully saturated rings. The highest BCUT2D eigenvalue weighted by Crippen LogP contribution is 2.40. The van der Waals surface area contributed by atoms with Gasteiger partial charge in [-0.1, -0.05) is 0 Å². The third kappa shape index (κ3) is 16.8. The van der Waals surface area contributed by atoms with E-state index < -0.39 is 297 Å². The molecule has 7 saturated heterocycles. The topological polar surface area (TPSA) is 669 Å². The molecule has 0 aromatic carbocycles. The van der Waals surface area contributed by atoms with Crippen molar-refractivity contribution >= 4 is 23.7 Å². The van der Waals surface area contributed by atoms with Gasteiger partial charge in [0.1, 0.15) is 165 Å². The van der Waals surface area contributed by atoms with Crippen LogP contribution in [0.4, 0.5) is 0 Å². The fraction of sp³-hybridized carbons (Fsp3) is 0.922. The molecule has 7 rings (SSSR count). The highest BCUT2D eigenvalue weighted by molar-refractivity contribution is 5.77. The molecule has 7 aliphatic rings. The minimum Gasteiger partial charge on any atom is -0.477 e. The van der Waals surface area contributed by atoms with Crippen molar-refractivity contribution in [1.82, 2.24) is 16.0 Å². The molecule has 0 aromatic rings. The maximum absolute atomic E-state index is 13.1. The van der Waals surface area contributed by atoms with Crippen molar-refractivity contribution in [3.05, 3.63) is 0 Å². The molecule has 0 unspecified atom stereocenters. The number of carboxylic acids is 1. The van der Waals surface area contributed by atoms with Crippen molar-refractivity contribution in [2.24, 2.45) is 0 Å². The van der Waals surface area contributed by atoms with E-state index in [1.807, 2.05) is 0 Å². The average Bonchev–Trinajstić information content (AvgIpc) is 0.764. The molecule has 0 aromatic heterocycles. The second kappa shape index (κ2) is 32.9. The largest absolute Gasteiger partial charge is 0.477 e. The van der Waals surface area contributed by atoms with E-state index in [4.69, 9.17) is 61.6 Å². The lowest BCUT2D eigenvalue weighted by Crippen LogP contribution is -2.71. The summed E-state index contributed by atoms with van der Waals surface area (Å²) in [5.41, 5.74) is 0. The van der Waals surface area contributed by atoms with Gasteiger partial charge in [-0.15, -0.1) is 0 Å². The molecule has 0 bridgehead atoms. The molecule has 36 atom stereocenters. The maximum atomic E-state index is 13.1. The highest BCUT2D eigenvalue weighted by Gasteiger charge is 2.62. The zero-order valence-corrected chi connectivity index (χ0v) is 49.6. The van der Waals surface area contributed by atoms with E-state index in [0.717, 1.165) is 20.8 Å². The van der Waals surface area contributed by atoms with Gasteiger partial charge in [-0.25, -0.2) is 4.79 Å². The van der Waals surface area contributed by atoms with Gasteiger partial charge in [-0.05, 0) is 0 Å². The first kappa shape index (κ1) is 76.9. The van der Waals surface area contributed by atoms with Crippen molar-refractivity contribution in [2.45, 2.75) is 248 Å². The number of aliphatic hydroxyl groups is 21. The van der Waals surface area contributed by atoms with Crippen LogP contribution in [0.2, 0.25) is 0 Å². The average molecular weight is 1360 g/mol. The van der Waals surface area contributed by atoms with Gasteiger partial charge in [0.15, 0.2) is 37.7 Å². The Morgan fingerprint density at radius 3 is 1.41 bits per heavy atom. The second-order valence-electron chi connectivity index (χ2n) is 23.2. The SMILES string of the molecule is CC(=O)N[C@H]1[C@H](OC[C@H]2O[C@@H](O[C@H]3[C@H](O)[C@@H](O)[C@H](O)O[C@@H]3CO)[C@H](O)[C@@H](O[C@@H]3O[C@H](CO)[C@@H](O)[C@H](O[C@@H]4O[C@H](CO)[C@H](O)[C@H](O)[C@H]4O)[C@H]3NC(C)=O)[C@H]2O)O[C@H](CO)[C@@H](O[C@@H]2O[C@H](CO)[C@H](O)[C@H](O[C@@]3(C(=O)O)C[C@H](O)[C@@H](NC(C)=O)[C@H]([C@H](O)[C@H](O)CO)O3)[C@H]2O)[C@@H]1O. The van der Waals surface area contributed by atoms with Crippen molar-refractivity contribution in [2.75, 3.05) is 46.2 Å². The Hall–Kier alpha value is -3.48. The van der Waals surface area contributed by atoms with Crippen LogP contribution in [-0.4, -0.2) is 403 Å². The zero-order valence-electron chi connectivity index (χ0n) is 49.6. The molecule has 3 amide bonds. The van der Waals surface area contributed by atoms with Crippen LogP contribution in [0.15, 0.2) is 0 Å². The summed E-state index contributed by atoms with van der Waals surface area (Å²) in [6, 6.07) is -5.44. The van der Waals surface area contributed by atoms with E-state index >= 15 is 0 Å². The lowest BCUT2D eigenvalue weighted by molar-refractivity contribution is -0.387. The minimum atomic E-state index is -3.24. The number of carbonyl (C=O) groups is 4. The fourth-order valence-corrected chi connectivity index (χ4v) is 11.8. The number of ether oxygens (including phenoxy) is 13. The van der Waals surface area contributed by atoms with Crippen molar-refractivity contribution in [1.29, 1.82) is 0 Å². The molecule has 25 N–H and O–H groups in total. The van der Waals surface area contributed by atoms with Gasteiger partial charge >= 0.3 is 5.97 Å². The Bertz CT molecular complexity index is 2410. The molecule has 7 heterocycles. The quantitative estimate of drug-likeness (QED) is 0.0404. The monoisotopic (exact) mass is 1360 g/mol. The summed E-state index contributed by atoms with van der Waals surface area (Å²) in [6.07, 6.45) is -67.7. The van der Waals surface area contributed by atoms with E-state index in [9.17, 15) is 132 Å². The van der Waals surface area contributed by atoms with Gasteiger partial charge in [0.2, 0.25) is 17.7 Å². The Labute approximate surface area is 525 Å². The minimum absolute atomic E-state index is 0.846. The van der Waals surface area contributed by atoms with Gasteiger partial charge in [-0.3, -0.25) is 14.4 Å². The van der Waals surface area contributed by atoms with Gasteiger partial charge in [0.05, 0.1) is 58.4 Å². The van der Waals surface area contributed by atoms with Crippen LogP contribution in [-0.2, 0) is 80.8 Å². The summed E-state index contributed by atoms with van der Waals surface area (Å²) < 4.78 is 75.0. The van der Waals surface area contributed by atoms with Crippen LogP contribution < -0.4 is 16.0 Å². The Kier molecular flexibility index (Phi) is 27.2. The predicted molar refractivity (Wildman–Crippen MR) is 284 cm³/mol. The summed E-state index contributed by atoms with van der Waals surface area (Å²) >= 11 is 0. The molecule has 0 radical (unpaired) electrons. The van der Waals surface area contributed by atoms with Crippen LogP contribution in [0, 0.1) is 0 Å². The second-order valence-corrected chi connectivity index (χ2v) is 23.2. The molecule has 0 saturated carbocycles. The van der Waals surface area contributed by atoms with Gasteiger partial charge in [0, 0.05) is 27.2 Å². The predicted octanol–water partition coefficient (Wildman–Crippen LogP) is -16.6. The molecular formula is C51H85N3O39.